The molecule has 0 amide bonds. The molecule has 0 heterocycles. The van der Waals surface area contributed by atoms with Crippen molar-refractivity contribution >= 4 is 0 Å². The Kier molecular flexibility index (Phi) is 6.51. The fraction of sp³-hybridized carbons (Fsp3) is 0.250. The molecular formula is C8H9KO2. The molecule has 0 aliphatic heterocycles. The number of phenolic OH excluding ortho intramolecular Hbond substituents is 1. The topological polar surface area (TPSA) is 43.3 Å². The van der Waals surface area contributed by atoms with Crippen molar-refractivity contribution in [3.63, 3.8) is 0 Å². The van der Waals surface area contributed by atoms with Gasteiger partial charge in [-0.3, -0.25) is 0 Å². The predicted molar refractivity (Wildman–Crippen MR) is 36.7 cm³/mol. The van der Waals surface area contributed by atoms with E-state index in [-0.39, 0.29) is 63.7 Å². The Labute approximate surface area is 109 Å². The van der Waals surface area contributed by atoms with Gasteiger partial charge in [-0.15, -0.1) is 6.61 Å². The van der Waals surface area contributed by atoms with Gasteiger partial charge in [-0.05, 0) is 24.1 Å². The maximum atomic E-state index is 10.1. The minimum Gasteiger partial charge on any atom is -0.854 e. The van der Waals surface area contributed by atoms with E-state index in [0.29, 0.717) is 6.42 Å². The van der Waals surface area contributed by atoms with Crippen molar-refractivity contribution in [1.82, 2.24) is 0 Å². The van der Waals surface area contributed by atoms with Crippen LogP contribution in [0.2, 0.25) is 0 Å². The first-order valence-electron chi connectivity index (χ1n) is 3.19. The molecule has 0 aliphatic rings. The molecule has 11 heavy (non-hydrogen) atoms. The summed E-state index contributed by atoms with van der Waals surface area (Å²) in [6, 6.07) is 6.69. The van der Waals surface area contributed by atoms with Gasteiger partial charge >= 0.3 is 51.4 Å². The number of phenols is 1. The Bertz CT molecular complexity index is 196. The van der Waals surface area contributed by atoms with Crippen molar-refractivity contribution in [1.29, 1.82) is 0 Å². The summed E-state index contributed by atoms with van der Waals surface area (Å²) in [7, 11) is 0. The summed E-state index contributed by atoms with van der Waals surface area (Å²) in [4.78, 5) is 0. The van der Waals surface area contributed by atoms with Crippen LogP contribution in [0.1, 0.15) is 5.56 Å². The second-order valence-electron chi connectivity index (χ2n) is 2.12. The predicted octanol–water partition coefficient (Wildman–Crippen LogP) is -2.70. The summed E-state index contributed by atoms with van der Waals surface area (Å²) >= 11 is 0. The van der Waals surface area contributed by atoms with Crippen LogP contribution in [0.15, 0.2) is 24.3 Å². The van der Waals surface area contributed by atoms with Crippen LogP contribution in [0.3, 0.4) is 0 Å². The molecule has 1 aromatic carbocycles. The van der Waals surface area contributed by atoms with E-state index >= 15 is 0 Å². The van der Waals surface area contributed by atoms with Gasteiger partial charge in [0.25, 0.3) is 0 Å². The third kappa shape index (κ3) is 4.25. The summed E-state index contributed by atoms with van der Waals surface area (Å²) < 4.78 is 0. The normalized spacial score (nSPS) is 8.82. The van der Waals surface area contributed by atoms with Gasteiger partial charge < -0.3 is 10.2 Å². The molecule has 0 atom stereocenters. The third-order valence-corrected chi connectivity index (χ3v) is 1.33. The minimum atomic E-state index is -0.0925. The van der Waals surface area contributed by atoms with E-state index in [1.165, 1.54) is 0 Å². The van der Waals surface area contributed by atoms with Gasteiger partial charge in [0.2, 0.25) is 0 Å². The molecule has 0 fully saturated rings. The van der Waals surface area contributed by atoms with Crippen molar-refractivity contribution in [3.8, 4) is 5.75 Å². The van der Waals surface area contributed by atoms with Gasteiger partial charge in [-0.1, -0.05) is 12.1 Å². The second-order valence-corrected chi connectivity index (χ2v) is 2.12. The Morgan fingerprint density at radius 3 is 2.18 bits per heavy atom. The Hall–Kier alpha value is 0.616. The van der Waals surface area contributed by atoms with Crippen LogP contribution in [-0.4, -0.2) is 11.7 Å². The van der Waals surface area contributed by atoms with Crippen molar-refractivity contribution in [2.45, 2.75) is 6.42 Å². The molecule has 0 aromatic heterocycles. The number of hydrogen-bond donors (Lipinski definition) is 1. The smallest absolute Gasteiger partial charge is 0.854 e. The third-order valence-electron chi connectivity index (χ3n) is 1.33. The minimum absolute atomic E-state index is 0. The molecule has 54 valence electrons. The van der Waals surface area contributed by atoms with E-state index in [1.807, 2.05) is 0 Å². The molecule has 0 saturated carbocycles. The van der Waals surface area contributed by atoms with Crippen molar-refractivity contribution < 1.29 is 61.6 Å². The van der Waals surface area contributed by atoms with Crippen molar-refractivity contribution in [2.24, 2.45) is 0 Å². The molecule has 0 spiro atoms. The molecule has 3 heteroatoms. The van der Waals surface area contributed by atoms with E-state index in [2.05, 4.69) is 0 Å². The molecule has 1 aromatic rings. The van der Waals surface area contributed by atoms with E-state index < -0.39 is 0 Å². The fourth-order valence-electron chi connectivity index (χ4n) is 0.780. The zero-order chi connectivity index (χ0) is 7.40. The van der Waals surface area contributed by atoms with Gasteiger partial charge in [0.15, 0.2) is 0 Å². The molecule has 0 saturated heterocycles. The van der Waals surface area contributed by atoms with Crippen LogP contribution in [-0.2, 0) is 6.42 Å². The number of hydrogen-bond acceptors (Lipinski definition) is 2. The average molecular weight is 176 g/mol. The summed E-state index contributed by atoms with van der Waals surface area (Å²) in [6.07, 6.45) is 0.542. The van der Waals surface area contributed by atoms with E-state index in [9.17, 15) is 5.11 Å². The van der Waals surface area contributed by atoms with E-state index in [4.69, 9.17) is 5.11 Å². The van der Waals surface area contributed by atoms with Crippen molar-refractivity contribution in [2.75, 3.05) is 6.61 Å². The maximum Gasteiger partial charge on any atom is 1.00 e. The van der Waals surface area contributed by atoms with Crippen LogP contribution >= 0.6 is 0 Å². The largest absolute Gasteiger partial charge is 1.00 e. The molecular weight excluding hydrogens is 167 g/mol. The Morgan fingerprint density at radius 1 is 1.18 bits per heavy atom. The molecule has 0 bridgehead atoms. The van der Waals surface area contributed by atoms with Gasteiger partial charge in [-0.2, -0.15) is 0 Å². The monoisotopic (exact) mass is 176 g/mol. The molecule has 0 radical (unpaired) electrons. The van der Waals surface area contributed by atoms with E-state index in [1.54, 1.807) is 24.3 Å². The average Bonchev–Trinajstić information content (AvgIpc) is 1.95. The van der Waals surface area contributed by atoms with E-state index in [0.717, 1.165) is 5.56 Å². The summed E-state index contributed by atoms with van der Waals surface area (Å²) in [5, 5.41) is 19.0. The molecule has 0 unspecified atom stereocenters. The zero-order valence-electron chi connectivity index (χ0n) is 6.58. The number of aromatic hydroxyl groups is 1. The van der Waals surface area contributed by atoms with Crippen LogP contribution in [0.5, 0.6) is 5.75 Å². The quantitative estimate of drug-likeness (QED) is 0.498. The van der Waals surface area contributed by atoms with Gasteiger partial charge in [0.05, 0.1) is 0 Å². The fourth-order valence-corrected chi connectivity index (χ4v) is 0.780. The summed E-state index contributed by atoms with van der Waals surface area (Å²) in [5.41, 5.74) is 0.979. The van der Waals surface area contributed by atoms with Crippen LogP contribution in [0.4, 0.5) is 0 Å². The first-order valence-corrected chi connectivity index (χ1v) is 3.19. The zero-order valence-corrected chi connectivity index (χ0v) is 9.70. The van der Waals surface area contributed by atoms with Crippen LogP contribution in [0, 0.1) is 0 Å². The van der Waals surface area contributed by atoms with Gasteiger partial charge in [0.1, 0.15) is 5.75 Å². The van der Waals surface area contributed by atoms with Gasteiger partial charge in [0, 0.05) is 0 Å². The van der Waals surface area contributed by atoms with Crippen LogP contribution < -0.4 is 56.5 Å². The Morgan fingerprint density at radius 2 is 1.73 bits per heavy atom. The summed E-state index contributed by atoms with van der Waals surface area (Å²) in [5.74, 6) is 0.245. The van der Waals surface area contributed by atoms with Gasteiger partial charge in [-0.25, -0.2) is 0 Å². The van der Waals surface area contributed by atoms with Crippen LogP contribution in [0.25, 0.3) is 0 Å². The van der Waals surface area contributed by atoms with Crippen molar-refractivity contribution in [3.05, 3.63) is 29.8 Å². The second kappa shape index (κ2) is 6.17. The SMILES string of the molecule is [K+].[O-]CCc1ccc(O)cc1. The number of rotatable bonds is 2. The standard InChI is InChI=1S/C8H9O2.K/c9-6-5-7-1-3-8(10)4-2-7;/h1-4,10H,5-6H2;/q-1;+1. The molecule has 2 nitrogen and oxygen atoms in total. The maximum absolute atomic E-state index is 10.1. The number of benzene rings is 1. The molecule has 1 N–H and O–H groups in total. The summed E-state index contributed by atoms with van der Waals surface area (Å²) in [6.45, 7) is -0.0925. The molecule has 1 rings (SSSR count). The molecule has 0 aliphatic carbocycles. The first-order chi connectivity index (χ1) is 4.83. The Balaban J connectivity index is 0.000001000. The first kappa shape index (κ1) is 11.6.